The van der Waals surface area contributed by atoms with Gasteiger partial charge < -0.3 is 9.73 Å². The second-order valence-electron chi connectivity index (χ2n) is 7.32. The number of aromatic nitrogens is 4. The number of amides is 1. The Morgan fingerprint density at radius 1 is 1.16 bits per heavy atom. The van der Waals surface area contributed by atoms with Crippen LogP contribution in [0, 0.1) is 0 Å². The maximum atomic E-state index is 12.2. The van der Waals surface area contributed by atoms with E-state index in [-0.39, 0.29) is 18.1 Å². The normalized spacial score (nSPS) is 15.5. The first kappa shape index (κ1) is 20.8. The van der Waals surface area contributed by atoms with Crippen molar-refractivity contribution in [3.63, 3.8) is 0 Å². The third-order valence-corrected chi connectivity index (χ3v) is 5.05. The van der Waals surface area contributed by atoms with E-state index in [4.69, 9.17) is 4.42 Å². The molecule has 10 nitrogen and oxygen atoms in total. The number of rotatable bonds is 8. The maximum absolute atomic E-state index is 12.2. The third kappa shape index (κ3) is 6.00. The molecule has 3 N–H and O–H groups in total. The summed E-state index contributed by atoms with van der Waals surface area (Å²) < 4.78 is 5.47. The lowest BCUT2D eigenvalue weighted by Crippen LogP contribution is -2.45. The summed E-state index contributed by atoms with van der Waals surface area (Å²) in [5, 5.41) is 8.62. The van der Waals surface area contributed by atoms with Gasteiger partial charge in [-0.15, -0.1) is 0 Å². The van der Waals surface area contributed by atoms with Crippen LogP contribution in [0.5, 0.6) is 0 Å². The summed E-state index contributed by atoms with van der Waals surface area (Å²) in [6.45, 7) is 5.34. The molecule has 0 atom stereocenters. The Labute approximate surface area is 179 Å². The molecule has 1 aliphatic heterocycles. The molecule has 162 valence electrons. The molecule has 0 saturated carbocycles. The minimum absolute atomic E-state index is 0.0977. The van der Waals surface area contributed by atoms with Gasteiger partial charge in [0.25, 0.3) is 5.91 Å². The van der Waals surface area contributed by atoms with E-state index < -0.39 is 5.69 Å². The summed E-state index contributed by atoms with van der Waals surface area (Å²) in [6.07, 6.45) is 5.70. The van der Waals surface area contributed by atoms with Gasteiger partial charge in [0.15, 0.2) is 5.69 Å². The van der Waals surface area contributed by atoms with Crippen molar-refractivity contribution in [2.75, 3.05) is 32.7 Å². The second-order valence-corrected chi connectivity index (χ2v) is 7.32. The lowest BCUT2D eigenvalue weighted by molar-refractivity contribution is 0.0944. The number of oxazole rings is 1. The van der Waals surface area contributed by atoms with E-state index in [0.29, 0.717) is 18.3 Å². The zero-order valence-corrected chi connectivity index (χ0v) is 17.1. The van der Waals surface area contributed by atoms with Crippen molar-refractivity contribution in [2.45, 2.75) is 13.1 Å². The molecule has 10 heteroatoms. The van der Waals surface area contributed by atoms with Crippen LogP contribution in [-0.4, -0.2) is 68.6 Å². The predicted octanol–water partition coefficient (Wildman–Crippen LogP) is 0.847. The van der Waals surface area contributed by atoms with E-state index in [1.54, 1.807) is 0 Å². The van der Waals surface area contributed by atoms with Crippen LogP contribution in [0.1, 0.15) is 27.8 Å². The van der Waals surface area contributed by atoms with Gasteiger partial charge in [-0.1, -0.05) is 42.5 Å². The average Bonchev–Trinajstić information content (AvgIpc) is 3.43. The van der Waals surface area contributed by atoms with Crippen LogP contribution in [0.15, 0.2) is 51.9 Å². The van der Waals surface area contributed by atoms with E-state index in [9.17, 15) is 9.59 Å². The Morgan fingerprint density at radius 3 is 2.68 bits per heavy atom. The van der Waals surface area contributed by atoms with Crippen LogP contribution in [-0.2, 0) is 13.1 Å². The predicted molar refractivity (Wildman–Crippen MR) is 114 cm³/mol. The molecule has 0 radical (unpaired) electrons. The first-order chi connectivity index (χ1) is 15.2. The average molecular weight is 423 g/mol. The number of carbonyl (C=O) groups is 1. The van der Waals surface area contributed by atoms with Crippen molar-refractivity contribution in [2.24, 2.45) is 0 Å². The fraction of sp³-hybridized carbons (Fsp3) is 0.333. The quantitative estimate of drug-likeness (QED) is 0.491. The molecular formula is C21H25N7O3. The van der Waals surface area contributed by atoms with Gasteiger partial charge in [0.2, 0.25) is 5.89 Å². The first-order valence-corrected chi connectivity index (χ1v) is 10.2. The van der Waals surface area contributed by atoms with E-state index in [1.807, 2.05) is 18.2 Å². The summed E-state index contributed by atoms with van der Waals surface area (Å²) in [6, 6.07) is 10.3. The van der Waals surface area contributed by atoms with Crippen LogP contribution in [0.3, 0.4) is 0 Å². The van der Waals surface area contributed by atoms with Gasteiger partial charge >= 0.3 is 5.69 Å². The molecule has 1 fully saturated rings. The highest BCUT2D eigenvalue weighted by Gasteiger charge is 2.19. The standard InChI is InChI=1S/C21H25N7O3/c29-20(22-13-18-24-21(30)26-25-18)17-15-31-19(23-17)14-28-11-9-27(10-12-28)8-4-7-16-5-2-1-3-6-16/h1-7,15H,8-14H2,(H,22,29)(H2,24,25,26,30)/b7-4+. The largest absolute Gasteiger partial charge is 0.447 e. The molecule has 3 heterocycles. The zero-order chi connectivity index (χ0) is 21.5. The Morgan fingerprint density at radius 2 is 1.94 bits per heavy atom. The number of benzene rings is 1. The Hall–Kier alpha value is -3.50. The third-order valence-electron chi connectivity index (χ3n) is 5.05. The van der Waals surface area contributed by atoms with Gasteiger partial charge in [0, 0.05) is 32.7 Å². The molecule has 1 amide bonds. The van der Waals surface area contributed by atoms with Crippen LogP contribution in [0.25, 0.3) is 6.08 Å². The number of carbonyl (C=O) groups excluding carboxylic acids is 1. The topological polar surface area (TPSA) is 123 Å². The number of aromatic amines is 2. The molecule has 0 unspecified atom stereocenters. The molecule has 0 aliphatic carbocycles. The van der Waals surface area contributed by atoms with Crippen molar-refractivity contribution < 1.29 is 9.21 Å². The van der Waals surface area contributed by atoms with Crippen molar-refractivity contribution in [3.8, 4) is 0 Å². The monoisotopic (exact) mass is 423 g/mol. The molecule has 31 heavy (non-hydrogen) atoms. The molecule has 0 bridgehead atoms. The van der Waals surface area contributed by atoms with Crippen molar-refractivity contribution in [1.82, 2.24) is 35.3 Å². The van der Waals surface area contributed by atoms with Gasteiger partial charge in [-0.05, 0) is 5.56 Å². The first-order valence-electron chi connectivity index (χ1n) is 10.2. The highest BCUT2D eigenvalue weighted by atomic mass is 16.3. The van der Waals surface area contributed by atoms with Gasteiger partial charge in [0.05, 0.1) is 13.1 Å². The summed E-state index contributed by atoms with van der Waals surface area (Å²) in [7, 11) is 0. The Balaban J connectivity index is 1.19. The molecule has 1 saturated heterocycles. The fourth-order valence-corrected chi connectivity index (χ4v) is 3.35. The SMILES string of the molecule is O=C(NCc1n[nH]c(=O)[nH]1)c1coc(CN2CCN(C/C=C/c3ccccc3)CC2)n1. The van der Waals surface area contributed by atoms with Gasteiger partial charge in [-0.3, -0.25) is 19.6 Å². The van der Waals surface area contributed by atoms with Gasteiger partial charge in [-0.2, -0.15) is 5.10 Å². The highest BCUT2D eigenvalue weighted by Crippen LogP contribution is 2.10. The highest BCUT2D eigenvalue weighted by molar-refractivity contribution is 5.91. The smallest absolute Gasteiger partial charge is 0.340 e. The van der Waals surface area contributed by atoms with Crippen LogP contribution >= 0.6 is 0 Å². The van der Waals surface area contributed by atoms with Crippen molar-refractivity contribution >= 4 is 12.0 Å². The molecular weight excluding hydrogens is 398 g/mol. The van der Waals surface area contributed by atoms with Crippen LogP contribution in [0.4, 0.5) is 0 Å². The Kier molecular flexibility index (Phi) is 6.70. The molecule has 1 aliphatic rings. The fourth-order valence-electron chi connectivity index (χ4n) is 3.35. The summed E-state index contributed by atoms with van der Waals surface area (Å²) in [4.78, 5) is 34.6. The number of nitrogens with zero attached hydrogens (tertiary/aromatic N) is 4. The van der Waals surface area contributed by atoms with Crippen LogP contribution in [0.2, 0.25) is 0 Å². The van der Waals surface area contributed by atoms with Gasteiger partial charge in [0.1, 0.15) is 12.1 Å². The lowest BCUT2D eigenvalue weighted by atomic mass is 10.2. The number of piperazine rings is 1. The molecule has 0 spiro atoms. The summed E-state index contributed by atoms with van der Waals surface area (Å²) in [5.74, 6) is 0.475. The Bertz CT molecular complexity index is 1060. The molecule has 3 aromatic rings. The number of hydrogen-bond donors (Lipinski definition) is 3. The number of H-pyrrole nitrogens is 2. The maximum Gasteiger partial charge on any atom is 0.340 e. The molecule has 1 aromatic carbocycles. The van der Waals surface area contributed by atoms with Gasteiger partial charge in [-0.25, -0.2) is 14.9 Å². The molecule has 2 aromatic heterocycles. The van der Waals surface area contributed by atoms with Crippen LogP contribution < -0.4 is 11.0 Å². The van der Waals surface area contributed by atoms with E-state index in [2.05, 4.69) is 59.6 Å². The number of nitrogens with one attached hydrogen (secondary N) is 3. The second kappa shape index (κ2) is 10.0. The van der Waals surface area contributed by atoms with E-state index >= 15 is 0 Å². The zero-order valence-electron chi connectivity index (χ0n) is 17.1. The van der Waals surface area contributed by atoms with E-state index in [1.165, 1.54) is 11.8 Å². The van der Waals surface area contributed by atoms with Crippen molar-refractivity contribution in [3.05, 3.63) is 76.1 Å². The lowest BCUT2D eigenvalue weighted by Gasteiger charge is -2.33. The molecule has 4 rings (SSSR count). The number of hydrogen-bond acceptors (Lipinski definition) is 7. The van der Waals surface area contributed by atoms with E-state index in [0.717, 1.165) is 32.7 Å². The minimum atomic E-state index is -0.416. The summed E-state index contributed by atoms with van der Waals surface area (Å²) in [5.41, 5.74) is 1.00. The minimum Gasteiger partial charge on any atom is -0.447 e. The van der Waals surface area contributed by atoms with Crippen molar-refractivity contribution in [1.29, 1.82) is 0 Å². The summed E-state index contributed by atoms with van der Waals surface area (Å²) >= 11 is 0.